The Bertz CT molecular complexity index is 701. The van der Waals surface area contributed by atoms with Crippen molar-refractivity contribution in [2.75, 3.05) is 12.0 Å². The number of rotatable bonds is 2. The molecule has 0 N–H and O–H groups in total. The van der Waals surface area contributed by atoms with Gasteiger partial charge in [0, 0.05) is 18.1 Å². The van der Waals surface area contributed by atoms with Crippen LogP contribution in [0.5, 0.6) is 5.75 Å². The molecule has 5 heteroatoms. The fourth-order valence-corrected chi connectivity index (χ4v) is 4.29. The SMILES string of the molecule is COc1ccc(N2C(=S)n3ccnc3C23CCCCC3)cc1. The number of fused-ring (bicyclic) bond motifs is 2. The first-order valence-electron chi connectivity index (χ1n) is 7.79. The van der Waals surface area contributed by atoms with Gasteiger partial charge in [0.2, 0.25) is 0 Å². The van der Waals surface area contributed by atoms with Crippen LogP contribution in [0, 0.1) is 0 Å². The molecule has 1 spiro atoms. The molecule has 0 saturated heterocycles. The molecule has 0 bridgehead atoms. The zero-order chi connectivity index (χ0) is 15.2. The van der Waals surface area contributed by atoms with Gasteiger partial charge in [-0.15, -0.1) is 0 Å². The van der Waals surface area contributed by atoms with Crippen LogP contribution < -0.4 is 9.64 Å². The number of benzene rings is 1. The van der Waals surface area contributed by atoms with Crippen molar-refractivity contribution in [1.29, 1.82) is 0 Å². The normalized spacial score (nSPS) is 19.5. The Hall–Kier alpha value is -1.88. The second-order valence-corrected chi connectivity index (χ2v) is 6.39. The Kier molecular flexibility index (Phi) is 3.18. The highest BCUT2D eigenvalue weighted by Crippen LogP contribution is 2.47. The highest BCUT2D eigenvalue weighted by atomic mass is 32.1. The van der Waals surface area contributed by atoms with Gasteiger partial charge >= 0.3 is 0 Å². The lowest BCUT2D eigenvalue weighted by Gasteiger charge is -2.41. The number of imidazole rings is 1. The molecule has 1 fully saturated rings. The number of anilines is 1. The van der Waals surface area contributed by atoms with Gasteiger partial charge in [-0.3, -0.25) is 4.57 Å². The summed E-state index contributed by atoms with van der Waals surface area (Å²) in [6.45, 7) is 0. The molecule has 1 aliphatic carbocycles. The van der Waals surface area contributed by atoms with Gasteiger partial charge < -0.3 is 9.64 Å². The van der Waals surface area contributed by atoms with E-state index in [9.17, 15) is 0 Å². The largest absolute Gasteiger partial charge is 0.497 e. The maximum Gasteiger partial charge on any atom is 0.186 e. The lowest BCUT2D eigenvalue weighted by atomic mass is 9.80. The molecule has 114 valence electrons. The van der Waals surface area contributed by atoms with Crippen LogP contribution >= 0.6 is 12.2 Å². The van der Waals surface area contributed by atoms with Gasteiger partial charge in [0.15, 0.2) is 5.11 Å². The van der Waals surface area contributed by atoms with Crippen LogP contribution in [0.1, 0.15) is 37.9 Å². The molecule has 4 rings (SSSR count). The van der Waals surface area contributed by atoms with Gasteiger partial charge in [0.25, 0.3) is 0 Å². The minimum absolute atomic E-state index is 0.0760. The summed E-state index contributed by atoms with van der Waals surface area (Å²) in [6, 6.07) is 8.17. The van der Waals surface area contributed by atoms with Crippen LogP contribution in [0.4, 0.5) is 5.69 Å². The molecule has 0 atom stereocenters. The smallest absolute Gasteiger partial charge is 0.186 e. The Morgan fingerprint density at radius 3 is 2.55 bits per heavy atom. The van der Waals surface area contributed by atoms with Crippen molar-refractivity contribution in [2.24, 2.45) is 0 Å². The summed E-state index contributed by atoms with van der Waals surface area (Å²) in [7, 11) is 1.69. The number of thiocarbonyl (C=S) groups is 1. The predicted octanol–water partition coefficient (Wildman–Crippen LogP) is 3.70. The number of aromatic nitrogens is 2. The van der Waals surface area contributed by atoms with E-state index in [1.165, 1.54) is 19.3 Å². The lowest BCUT2D eigenvalue weighted by molar-refractivity contribution is 0.301. The number of ether oxygens (including phenoxy) is 1. The molecule has 0 unspecified atom stereocenters. The molecule has 22 heavy (non-hydrogen) atoms. The van der Waals surface area contributed by atoms with Crippen molar-refractivity contribution in [1.82, 2.24) is 9.55 Å². The molecule has 2 heterocycles. The van der Waals surface area contributed by atoms with Crippen molar-refractivity contribution in [3.8, 4) is 5.75 Å². The second-order valence-electron chi connectivity index (χ2n) is 6.03. The predicted molar refractivity (Wildman–Crippen MR) is 90.5 cm³/mol. The molecule has 1 aromatic carbocycles. The number of methoxy groups -OCH3 is 1. The molecule has 0 amide bonds. The number of hydrogen-bond donors (Lipinski definition) is 0. The Morgan fingerprint density at radius 1 is 1.14 bits per heavy atom. The standard InChI is InChI=1S/C17H19N3OS/c1-21-14-7-5-13(6-8-14)20-16(22)19-12-11-18-15(19)17(20)9-3-2-4-10-17/h5-8,11-12H,2-4,9-10H2,1H3. The molecule has 2 aromatic rings. The third-order valence-corrected chi connectivity index (χ3v) is 5.27. The average molecular weight is 313 g/mol. The Morgan fingerprint density at radius 2 is 1.86 bits per heavy atom. The summed E-state index contributed by atoms with van der Waals surface area (Å²) in [4.78, 5) is 6.95. The Labute approximate surface area is 135 Å². The fraction of sp³-hybridized carbons (Fsp3) is 0.412. The average Bonchev–Trinajstić information content (AvgIpc) is 3.13. The van der Waals surface area contributed by atoms with Crippen molar-refractivity contribution in [3.63, 3.8) is 0 Å². The first-order valence-corrected chi connectivity index (χ1v) is 8.19. The molecule has 4 nitrogen and oxygen atoms in total. The first kappa shape index (κ1) is 13.8. The van der Waals surface area contributed by atoms with Gasteiger partial charge in [-0.2, -0.15) is 0 Å². The quantitative estimate of drug-likeness (QED) is 0.791. The summed E-state index contributed by atoms with van der Waals surface area (Å²) in [5.74, 6) is 1.97. The fourth-order valence-electron chi connectivity index (χ4n) is 3.87. The minimum atomic E-state index is -0.0760. The van der Waals surface area contributed by atoms with Gasteiger partial charge in [-0.1, -0.05) is 19.3 Å². The summed E-state index contributed by atoms with van der Waals surface area (Å²) in [5, 5.41) is 0.833. The molecule has 1 saturated carbocycles. The summed E-state index contributed by atoms with van der Waals surface area (Å²) < 4.78 is 7.35. The Balaban J connectivity index is 1.82. The van der Waals surface area contributed by atoms with Gasteiger partial charge in [0.05, 0.1) is 7.11 Å². The highest BCUT2D eigenvalue weighted by Gasteiger charge is 2.50. The van der Waals surface area contributed by atoms with Crippen molar-refractivity contribution in [3.05, 3.63) is 42.5 Å². The minimum Gasteiger partial charge on any atom is -0.497 e. The molecule has 1 aromatic heterocycles. The topological polar surface area (TPSA) is 30.3 Å². The van der Waals surface area contributed by atoms with E-state index >= 15 is 0 Å². The van der Waals surface area contributed by atoms with E-state index in [2.05, 4.69) is 26.6 Å². The van der Waals surface area contributed by atoms with E-state index < -0.39 is 0 Å². The second kappa shape index (κ2) is 5.09. The van der Waals surface area contributed by atoms with Crippen LogP contribution in [0.25, 0.3) is 0 Å². The zero-order valence-corrected chi connectivity index (χ0v) is 13.5. The molecular formula is C17H19N3OS. The van der Waals surface area contributed by atoms with Gasteiger partial charge in [-0.25, -0.2) is 4.98 Å². The number of hydrogen-bond acceptors (Lipinski definition) is 3. The van der Waals surface area contributed by atoms with Crippen LogP contribution in [0.3, 0.4) is 0 Å². The van der Waals surface area contributed by atoms with E-state index in [1.807, 2.05) is 24.5 Å². The van der Waals surface area contributed by atoms with E-state index in [-0.39, 0.29) is 5.54 Å². The van der Waals surface area contributed by atoms with Crippen LogP contribution in [0.2, 0.25) is 0 Å². The molecule has 0 radical (unpaired) electrons. The third kappa shape index (κ3) is 1.81. The molecule has 1 aliphatic heterocycles. The monoisotopic (exact) mass is 313 g/mol. The van der Waals surface area contributed by atoms with E-state index in [0.29, 0.717) is 0 Å². The number of nitrogens with zero attached hydrogens (tertiary/aromatic N) is 3. The van der Waals surface area contributed by atoms with E-state index in [4.69, 9.17) is 17.0 Å². The first-order chi connectivity index (χ1) is 10.8. The molecular weight excluding hydrogens is 294 g/mol. The zero-order valence-electron chi connectivity index (χ0n) is 12.7. The maximum atomic E-state index is 5.76. The van der Waals surface area contributed by atoms with Crippen molar-refractivity contribution >= 4 is 23.0 Å². The van der Waals surface area contributed by atoms with Gasteiger partial charge in [0.1, 0.15) is 17.1 Å². The van der Waals surface area contributed by atoms with Crippen molar-refractivity contribution < 1.29 is 4.74 Å². The third-order valence-electron chi connectivity index (χ3n) is 4.89. The highest BCUT2D eigenvalue weighted by molar-refractivity contribution is 7.80. The summed E-state index contributed by atoms with van der Waals surface area (Å²) in [6.07, 6.45) is 9.81. The van der Waals surface area contributed by atoms with E-state index in [1.54, 1.807) is 7.11 Å². The van der Waals surface area contributed by atoms with Gasteiger partial charge in [-0.05, 0) is 49.3 Å². The van der Waals surface area contributed by atoms with E-state index in [0.717, 1.165) is 35.2 Å². The lowest BCUT2D eigenvalue weighted by Crippen LogP contribution is -2.45. The van der Waals surface area contributed by atoms with Crippen LogP contribution in [0.15, 0.2) is 36.7 Å². The van der Waals surface area contributed by atoms with Crippen molar-refractivity contribution in [2.45, 2.75) is 37.6 Å². The van der Waals surface area contributed by atoms with Crippen LogP contribution in [-0.2, 0) is 5.54 Å². The maximum absolute atomic E-state index is 5.76. The summed E-state index contributed by atoms with van der Waals surface area (Å²) in [5.41, 5.74) is 1.05. The van der Waals surface area contributed by atoms with Crippen LogP contribution in [-0.4, -0.2) is 21.8 Å². The summed E-state index contributed by atoms with van der Waals surface area (Å²) >= 11 is 5.76. The molecule has 2 aliphatic rings.